The van der Waals surface area contributed by atoms with Crippen LogP contribution in [0, 0.1) is 0 Å². The van der Waals surface area contributed by atoms with Gasteiger partial charge in [-0.05, 0) is 42.2 Å². The van der Waals surface area contributed by atoms with Gasteiger partial charge in [0.2, 0.25) is 0 Å². The third kappa shape index (κ3) is 3.76. The van der Waals surface area contributed by atoms with Crippen LogP contribution in [0.4, 0.5) is 0 Å². The Balaban J connectivity index is 1.46. The number of hydrogen-bond donors (Lipinski definition) is 1. The van der Waals surface area contributed by atoms with E-state index in [1.807, 2.05) is 30.3 Å². The molecule has 0 spiro atoms. The second kappa shape index (κ2) is 6.64. The molecule has 0 aromatic heterocycles. The number of ether oxygens (including phenoxy) is 2. The first-order chi connectivity index (χ1) is 10.3. The lowest BCUT2D eigenvalue weighted by Crippen LogP contribution is -2.28. The molecule has 0 bridgehead atoms. The second-order valence-corrected chi connectivity index (χ2v) is 5.46. The van der Waals surface area contributed by atoms with Gasteiger partial charge in [-0.1, -0.05) is 30.3 Å². The summed E-state index contributed by atoms with van der Waals surface area (Å²) in [6, 6.07) is 16.3. The predicted octanol–water partition coefficient (Wildman–Crippen LogP) is 2.96. The minimum absolute atomic E-state index is 0.0507. The van der Waals surface area contributed by atoms with Crippen LogP contribution >= 0.6 is 0 Å². The molecule has 2 N–H and O–H groups in total. The standard InChI is InChI=1S/C18H21NO2/c19-16(13-21-17-4-2-1-3-5-17)8-6-14-7-9-18-15(12-14)10-11-20-18/h1-5,7,9,12,16H,6,8,10-11,13,19H2. The van der Waals surface area contributed by atoms with Crippen molar-refractivity contribution in [2.75, 3.05) is 13.2 Å². The van der Waals surface area contributed by atoms with Gasteiger partial charge in [0.1, 0.15) is 18.1 Å². The Kier molecular flexibility index (Phi) is 4.41. The average Bonchev–Trinajstić information content (AvgIpc) is 2.99. The van der Waals surface area contributed by atoms with Crippen molar-refractivity contribution in [3.8, 4) is 11.5 Å². The van der Waals surface area contributed by atoms with Crippen LogP contribution in [-0.2, 0) is 12.8 Å². The minimum Gasteiger partial charge on any atom is -0.493 e. The van der Waals surface area contributed by atoms with Gasteiger partial charge in [-0.3, -0.25) is 0 Å². The summed E-state index contributed by atoms with van der Waals surface area (Å²) in [5.74, 6) is 1.91. The van der Waals surface area contributed by atoms with Crippen LogP contribution in [0.3, 0.4) is 0 Å². The van der Waals surface area contributed by atoms with E-state index in [2.05, 4.69) is 18.2 Å². The van der Waals surface area contributed by atoms with Crippen molar-refractivity contribution in [1.82, 2.24) is 0 Å². The lowest BCUT2D eigenvalue weighted by atomic mass is 10.0. The highest BCUT2D eigenvalue weighted by Gasteiger charge is 2.12. The van der Waals surface area contributed by atoms with E-state index in [1.54, 1.807) is 0 Å². The quantitative estimate of drug-likeness (QED) is 0.886. The number of rotatable bonds is 6. The van der Waals surface area contributed by atoms with Crippen molar-refractivity contribution in [2.45, 2.75) is 25.3 Å². The van der Waals surface area contributed by atoms with E-state index in [4.69, 9.17) is 15.2 Å². The topological polar surface area (TPSA) is 44.5 Å². The summed E-state index contributed by atoms with van der Waals surface area (Å²) in [5, 5.41) is 0. The number of para-hydroxylation sites is 1. The number of hydrogen-bond acceptors (Lipinski definition) is 3. The van der Waals surface area contributed by atoms with Gasteiger partial charge in [-0.2, -0.15) is 0 Å². The van der Waals surface area contributed by atoms with E-state index in [-0.39, 0.29) is 6.04 Å². The van der Waals surface area contributed by atoms with Crippen molar-refractivity contribution in [1.29, 1.82) is 0 Å². The summed E-state index contributed by atoms with van der Waals surface area (Å²) in [7, 11) is 0. The first kappa shape index (κ1) is 14.0. The fraction of sp³-hybridized carbons (Fsp3) is 0.333. The Hall–Kier alpha value is -2.00. The van der Waals surface area contributed by atoms with Gasteiger partial charge in [0.15, 0.2) is 0 Å². The number of fused-ring (bicyclic) bond motifs is 1. The smallest absolute Gasteiger partial charge is 0.122 e. The highest BCUT2D eigenvalue weighted by atomic mass is 16.5. The van der Waals surface area contributed by atoms with Gasteiger partial charge in [-0.25, -0.2) is 0 Å². The minimum atomic E-state index is 0.0507. The SMILES string of the molecule is NC(CCc1ccc2c(c1)CCO2)COc1ccccc1. The molecule has 21 heavy (non-hydrogen) atoms. The van der Waals surface area contributed by atoms with E-state index in [0.29, 0.717) is 6.61 Å². The maximum absolute atomic E-state index is 6.13. The van der Waals surface area contributed by atoms with E-state index in [9.17, 15) is 0 Å². The van der Waals surface area contributed by atoms with Gasteiger partial charge in [0, 0.05) is 12.5 Å². The monoisotopic (exact) mass is 283 g/mol. The van der Waals surface area contributed by atoms with Crippen molar-refractivity contribution in [3.05, 3.63) is 59.7 Å². The lowest BCUT2D eigenvalue weighted by Gasteiger charge is -2.13. The second-order valence-electron chi connectivity index (χ2n) is 5.46. The molecule has 2 aromatic carbocycles. The fourth-order valence-corrected chi connectivity index (χ4v) is 2.55. The summed E-state index contributed by atoms with van der Waals surface area (Å²) in [4.78, 5) is 0. The fourth-order valence-electron chi connectivity index (χ4n) is 2.55. The summed E-state index contributed by atoms with van der Waals surface area (Å²) < 4.78 is 11.2. The zero-order chi connectivity index (χ0) is 14.5. The molecule has 0 saturated heterocycles. The molecular weight excluding hydrogens is 262 g/mol. The molecule has 1 aliphatic rings. The highest BCUT2D eigenvalue weighted by Crippen LogP contribution is 2.26. The van der Waals surface area contributed by atoms with Gasteiger partial charge in [0.05, 0.1) is 6.61 Å². The van der Waals surface area contributed by atoms with Gasteiger partial charge >= 0.3 is 0 Å². The van der Waals surface area contributed by atoms with Gasteiger partial charge in [-0.15, -0.1) is 0 Å². The van der Waals surface area contributed by atoms with Crippen LogP contribution in [0.25, 0.3) is 0 Å². The molecule has 1 unspecified atom stereocenters. The van der Waals surface area contributed by atoms with Crippen LogP contribution in [0.2, 0.25) is 0 Å². The third-order valence-corrected chi connectivity index (χ3v) is 3.76. The van der Waals surface area contributed by atoms with Crippen molar-refractivity contribution in [3.63, 3.8) is 0 Å². The van der Waals surface area contributed by atoms with Crippen molar-refractivity contribution in [2.24, 2.45) is 5.73 Å². The molecule has 0 fully saturated rings. The van der Waals surface area contributed by atoms with Crippen LogP contribution < -0.4 is 15.2 Å². The summed E-state index contributed by atoms with van der Waals surface area (Å²) in [6.45, 7) is 1.36. The Bertz CT molecular complexity index is 583. The normalized spacial score (nSPS) is 14.3. The number of benzene rings is 2. The van der Waals surface area contributed by atoms with Crippen molar-refractivity contribution >= 4 is 0 Å². The number of nitrogens with two attached hydrogens (primary N) is 1. The molecule has 1 aliphatic heterocycles. The Morgan fingerprint density at radius 2 is 2.00 bits per heavy atom. The first-order valence-corrected chi connectivity index (χ1v) is 7.49. The van der Waals surface area contributed by atoms with E-state index >= 15 is 0 Å². The molecule has 0 radical (unpaired) electrons. The summed E-state index contributed by atoms with van der Waals surface area (Å²) in [5.41, 5.74) is 8.78. The first-order valence-electron chi connectivity index (χ1n) is 7.49. The maximum atomic E-state index is 6.13. The summed E-state index contributed by atoms with van der Waals surface area (Å²) in [6.07, 6.45) is 2.92. The summed E-state index contributed by atoms with van der Waals surface area (Å²) >= 11 is 0. The molecule has 3 heteroatoms. The molecule has 3 rings (SSSR count). The molecule has 1 atom stereocenters. The van der Waals surface area contributed by atoms with Crippen LogP contribution in [0.1, 0.15) is 17.5 Å². The highest BCUT2D eigenvalue weighted by molar-refractivity contribution is 5.39. The van der Waals surface area contributed by atoms with Crippen molar-refractivity contribution < 1.29 is 9.47 Å². The van der Waals surface area contributed by atoms with E-state index in [0.717, 1.165) is 37.4 Å². The molecule has 3 nitrogen and oxygen atoms in total. The maximum Gasteiger partial charge on any atom is 0.122 e. The molecular formula is C18H21NO2. The largest absolute Gasteiger partial charge is 0.493 e. The van der Waals surface area contributed by atoms with E-state index in [1.165, 1.54) is 11.1 Å². The molecule has 110 valence electrons. The third-order valence-electron chi connectivity index (χ3n) is 3.76. The Morgan fingerprint density at radius 1 is 1.14 bits per heavy atom. The predicted molar refractivity (Wildman–Crippen MR) is 83.9 cm³/mol. The Morgan fingerprint density at radius 3 is 2.86 bits per heavy atom. The van der Waals surface area contributed by atoms with Crippen LogP contribution in [0.15, 0.2) is 48.5 Å². The molecule has 2 aromatic rings. The number of aryl methyl sites for hydroxylation is 1. The lowest BCUT2D eigenvalue weighted by molar-refractivity contribution is 0.282. The zero-order valence-corrected chi connectivity index (χ0v) is 12.1. The van der Waals surface area contributed by atoms with Crippen LogP contribution in [0.5, 0.6) is 11.5 Å². The Labute approximate surface area is 125 Å². The molecule has 0 saturated carbocycles. The molecule has 0 aliphatic carbocycles. The molecule has 0 amide bonds. The van der Waals surface area contributed by atoms with Gasteiger partial charge in [0.25, 0.3) is 0 Å². The van der Waals surface area contributed by atoms with Gasteiger partial charge < -0.3 is 15.2 Å². The zero-order valence-electron chi connectivity index (χ0n) is 12.1. The average molecular weight is 283 g/mol. The molecule has 1 heterocycles. The van der Waals surface area contributed by atoms with Crippen LogP contribution in [-0.4, -0.2) is 19.3 Å². The van der Waals surface area contributed by atoms with E-state index < -0.39 is 0 Å².